The minimum atomic E-state index is -0.455. The molecule has 3 atom stereocenters. The maximum Gasteiger partial charge on any atom is 0.326 e. The van der Waals surface area contributed by atoms with Gasteiger partial charge in [0.05, 0.1) is 0 Å². The van der Waals surface area contributed by atoms with Gasteiger partial charge in [0.25, 0.3) is 0 Å². The van der Waals surface area contributed by atoms with Crippen LogP contribution in [-0.4, -0.2) is 24.2 Å². The maximum absolute atomic E-state index is 12.4. The van der Waals surface area contributed by atoms with Gasteiger partial charge in [-0.15, -0.1) is 0 Å². The average molecular weight is 267 g/mol. The zero-order valence-electron chi connectivity index (χ0n) is 12.9. The lowest BCUT2D eigenvalue weighted by molar-refractivity contribution is -0.162. The quantitative estimate of drug-likeness (QED) is 0.780. The van der Waals surface area contributed by atoms with Crippen molar-refractivity contribution in [3.8, 4) is 0 Å². The van der Waals surface area contributed by atoms with Gasteiger partial charge in [0.15, 0.2) is 0 Å². The van der Waals surface area contributed by atoms with Gasteiger partial charge in [0.1, 0.15) is 11.6 Å². The average Bonchev–Trinajstić information content (AvgIpc) is 2.26. The van der Waals surface area contributed by atoms with E-state index in [2.05, 4.69) is 26.1 Å². The van der Waals surface area contributed by atoms with Gasteiger partial charge in [0, 0.05) is 0 Å². The molecule has 0 bridgehead atoms. The van der Waals surface area contributed by atoms with E-state index in [0.717, 1.165) is 38.6 Å². The van der Waals surface area contributed by atoms with Crippen LogP contribution in [0.4, 0.5) is 0 Å². The molecule has 1 aliphatic carbocycles. The number of carbonyl (C=O) groups excluding carboxylic acids is 1. The molecule has 3 unspecified atom stereocenters. The molecular weight excluding hydrogens is 238 g/mol. The Kier molecular flexibility index (Phi) is 4.24. The van der Waals surface area contributed by atoms with E-state index in [1.54, 1.807) is 0 Å². The molecule has 1 aliphatic heterocycles. The Bertz CT molecular complexity index is 332. The Morgan fingerprint density at radius 3 is 2.53 bits per heavy atom. The molecule has 0 amide bonds. The van der Waals surface area contributed by atoms with Gasteiger partial charge < -0.3 is 10.1 Å². The summed E-state index contributed by atoms with van der Waals surface area (Å²) in [7, 11) is 0. The summed E-state index contributed by atoms with van der Waals surface area (Å²) < 4.78 is 5.84. The van der Waals surface area contributed by atoms with Crippen LogP contribution in [0.5, 0.6) is 0 Å². The first-order chi connectivity index (χ1) is 8.81. The Hall–Kier alpha value is -0.570. The summed E-state index contributed by atoms with van der Waals surface area (Å²) in [5, 5.41) is 3.34. The van der Waals surface area contributed by atoms with Gasteiger partial charge in [-0.25, -0.2) is 0 Å². The zero-order valence-corrected chi connectivity index (χ0v) is 12.9. The lowest BCUT2D eigenvalue weighted by Gasteiger charge is -2.40. The van der Waals surface area contributed by atoms with Crippen LogP contribution < -0.4 is 5.32 Å². The Morgan fingerprint density at radius 1 is 1.21 bits per heavy atom. The number of esters is 1. The lowest BCUT2D eigenvalue weighted by Crippen LogP contribution is -2.54. The highest BCUT2D eigenvalue weighted by Gasteiger charge is 2.40. The molecule has 0 aromatic rings. The van der Waals surface area contributed by atoms with Crippen LogP contribution in [0.15, 0.2) is 0 Å². The van der Waals surface area contributed by atoms with Gasteiger partial charge in [-0.2, -0.15) is 0 Å². The fraction of sp³-hybridized carbons (Fsp3) is 0.938. The normalized spacial score (nSPS) is 38.7. The third-order valence-corrected chi connectivity index (χ3v) is 4.69. The van der Waals surface area contributed by atoms with E-state index >= 15 is 0 Å². The summed E-state index contributed by atoms with van der Waals surface area (Å²) >= 11 is 0. The minimum Gasteiger partial charge on any atom is -0.461 e. The molecule has 2 fully saturated rings. The SMILES string of the molecule is CC1CC(OC(=O)C2(C)CCCCN2)CC(C)(C)C1. The van der Waals surface area contributed by atoms with Crippen molar-refractivity contribution in [2.24, 2.45) is 11.3 Å². The Labute approximate surface area is 117 Å². The molecule has 3 heteroatoms. The molecule has 2 aliphatic rings. The summed E-state index contributed by atoms with van der Waals surface area (Å²) in [6.07, 6.45) is 6.53. The monoisotopic (exact) mass is 267 g/mol. The van der Waals surface area contributed by atoms with Crippen molar-refractivity contribution in [1.82, 2.24) is 5.32 Å². The molecule has 2 rings (SSSR count). The van der Waals surface area contributed by atoms with Crippen molar-refractivity contribution >= 4 is 5.97 Å². The number of carbonyl (C=O) groups is 1. The maximum atomic E-state index is 12.4. The van der Waals surface area contributed by atoms with Gasteiger partial charge in [-0.05, 0) is 63.3 Å². The van der Waals surface area contributed by atoms with Crippen molar-refractivity contribution in [2.75, 3.05) is 6.54 Å². The summed E-state index contributed by atoms with van der Waals surface area (Å²) in [6.45, 7) is 9.75. The van der Waals surface area contributed by atoms with Crippen molar-refractivity contribution in [1.29, 1.82) is 0 Å². The predicted octanol–water partition coefficient (Wildman–Crippen LogP) is 3.28. The van der Waals surface area contributed by atoms with Crippen LogP contribution in [0.2, 0.25) is 0 Å². The molecule has 0 spiro atoms. The lowest BCUT2D eigenvalue weighted by atomic mass is 9.71. The van der Waals surface area contributed by atoms with E-state index in [1.165, 1.54) is 6.42 Å². The van der Waals surface area contributed by atoms with E-state index in [-0.39, 0.29) is 12.1 Å². The van der Waals surface area contributed by atoms with Crippen LogP contribution >= 0.6 is 0 Å². The molecule has 1 heterocycles. The third-order valence-electron chi connectivity index (χ3n) is 4.69. The van der Waals surface area contributed by atoms with Crippen LogP contribution in [0, 0.1) is 11.3 Å². The molecule has 1 N–H and O–H groups in total. The molecule has 110 valence electrons. The second-order valence-electron chi connectivity index (χ2n) is 7.66. The summed E-state index contributed by atoms with van der Waals surface area (Å²) in [4.78, 5) is 12.4. The van der Waals surface area contributed by atoms with E-state index < -0.39 is 5.54 Å². The highest BCUT2D eigenvalue weighted by atomic mass is 16.5. The van der Waals surface area contributed by atoms with Crippen LogP contribution in [-0.2, 0) is 9.53 Å². The summed E-state index contributed by atoms with van der Waals surface area (Å²) in [6, 6.07) is 0. The smallest absolute Gasteiger partial charge is 0.326 e. The number of nitrogens with one attached hydrogen (secondary N) is 1. The van der Waals surface area contributed by atoms with Crippen molar-refractivity contribution < 1.29 is 9.53 Å². The van der Waals surface area contributed by atoms with Crippen molar-refractivity contribution in [3.63, 3.8) is 0 Å². The minimum absolute atomic E-state index is 0.0397. The van der Waals surface area contributed by atoms with Crippen molar-refractivity contribution in [3.05, 3.63) is 0 Å². The molecule has 0 radical (unpaired) electrons. The molecule has 0 aromatic carbocycles. The highest BCUT2D eigenvalue weighted by molar-refractivity contribution is 5.80. The third kappa shape index (κ3) is 3.71. The van der Waals surface area contributed by atoms with E-state index in [0.29, 0.717) is 11.3 Å². The Balaban J connectivity index is 1.94. The van der Waals surface area contributed by atoms with Crippen molar-refractivity contribution in [2.45, 2.75) is 77.9 Å². The number of hydrogen-bond donors (Lipinski definition) is 1. The van der Waals surface area contributed by atoms with Crippen LogP contribution in [0.3, 0.4) is 0 Å². The first-order valence-electron chi connectivity index (χ1n) is 7.77. The number of rotatable bonds is 2. The van der Waals surface area contributed by atoms with Gasteiger partial charge in [-0.3, -0.25) is 4.79 Å². The predicted molar refractivity (Wildman–Crippen MR) is 76.9 cm³/mol. The summed E-state index contributed by atoms with van der Waals surface area (Å²) in [5.74, 6) is 0.607. The summed E-state index contributed by atoms with van der Waals surface area (Å²) in [5.41, 5.74) is -0.160. The van der Waals surface area contributed by atoms with E-state index in [1.807, 2.05) is 6.92 Å². The number of hydrogen-bond acceptors (Lipinski definition) is 3. The van der Waals surface area contributed by atoms with Crippen LogP contribution in [0.25, 0.3) is 0 Å². The second-order valence-corrected chi connectivity index (χ2v) is 7.66. The van der Waals surface area contributed by atoms with Gasteiger partial charge >= 0.3 is 5.97 Å². The molecule has 0 aromatic heterocycles. The fourth-order valence-electron chi connectivity index (χ4n) is 3.86. The zero-order chi connectivity index (χ0) is 14.1. The topological polar surface area (TPSA) is 38.3 Å². The van der Waals surface area contributed by atoms with Gasteiger partial charge in [-0.1, -0.05) is 20.8 Å². The first-order valence-corrected chi connectivity index (χ1v) is 7.77. The van der Waals surface area contributed by atoms with Gasteiger partial charge in [0.2, 0.25) is 0 Å². The highest BCUT2D eigenvalue weighted by Crippen LogP contribution is 2.40. The molecule has 1 saturated carbocycles. The number of ether oxygens (including phenoxy) is 1. The van der Waals surface area contributed by atoms with E-state index in [9.17, 15) is 4.79 Å². The molecular formula is C16H29NO2. The largest absolute Gasteiger partial charge is 0.461 e. The molecule has 19 heavy (non-hydrogen) atoms. The fourth-order valence-corrected chi connectivity index (χ4v) is 3.86. The molecule has 3 nitrogen and oxygen atoms in total. The second kappa shape index (κ2) is 5.43. The standard InChI is InChI=1S/C16H29NO2/c1-12-9-13(11-15(2,3)10-12)19-14(18)16(4)7-5-6-8-17-16/h12-13,17H,5-11H2,1-4H3. The molecule has 1 saturated heterocycles. The first kappa shape index (κ1) is 14.8. The Morgan fingerprint density at radius 2 is 1.95 bits per heavy atom. The number of piperidine rings is 1. The van der Waals surface area contributed by atoms with Crippen LogP contribution in [0.1, 0.15) is 66.2 Å². The van der Waals surface area contributed by atoms with E-state index in [4.69, 9.17) is 4.74 Å².